The smallest absolute Gasteiger partial charge is 0.267 e. The molecule has 0 saturated heterocycles. The highest BCUT2D eigenvalue weighted by atomic mass is 35.5. The number of halogens is 6. The average Bonchev–Trinajstić information content (AvgIpc) is 2.47. The lowest BCUT2D eigenvalue weighted by Crippen LogP contribution is -2.24. The van der Waals surface area contributed by atoms with Crippen molar-refractivity contribution in [2.45, 2.75) is 12.8 Å². The summed E-state index contributed by atoms with van der Waals surface area (Å²) in [6, 6.07) is 5.22. The first-order valence-electron chi connectivity index (χ1n) is 6.28. The third-order valence-electron chi connectivity index (χ3n) is 2.81. The van der Waals surface area contributed by atoms with E-state index >= 15 is 0 Å². The van der Waals surface area contributed by atoms with Gasteiger partial charge in [-0.2, -0.15) is 13.2 Å². The highest BCUT2D eigenvalue weighted by molar-refractivity contribution is 6.39. The fourth-order valence-electron chi connectivity index (χ4n) is 1.66. The number of nitrogens with one attached hydrogen (secondary N) is 1. The van der Waals surface area contributed by atoms with Crippen molar-refractivity contribution in [3.8, 4) is 0 Å². The summed E-state index contributed by atoms with van der Waals surface area (Å²) in [5.74, 6) is -0.714. The molecule has 0 saturated carbocycles. The summed E-state index contributed by atoms with van der Waals surface area (Å²) in [5, 5.41) is -0.00146. The Morgan fingerprint density at radius 1 is 1.17 bits per heavy atom. The Kier molecular flexibility index (Phi) is 5.92. The lowest BCUT2D eigenvalue weighted by Gasteiger charge is -2.10. The Morgan fingerprint density at radius 2 is 1.79 bits per heavy atom. The van der Waals surface area contributed by atoms with Crippen LogP contribution in [0.25, 0.3) is 0 Å². The SMILES string of the molecule is O=C(NOCc1ncc(C(F)(F)F)cc1Cl)c1c(Cl)cccc1Cl. The minimum atomic E-state index is -4.55. The topological polar surface area (TPSA) is 51.2 Å². The molecule has 0 bridgehead atoms. The fourth-order valence-corrected chi connectivity index (χ4v) is 2.45. The molecule has 0 atom stereocenters. The second-order valence-corrected chi connectivity index (χ2v) is 5.69. The molecule has 1 amide bonds. The summed E-state index contributed by atoms with van der Waals surface area (Å²) in [5.41, 5.74) is 1.12. The molecule has 10 heteroatoms. The number of hydroxylamine groups is 1. The third kappa shape index (κ3) is 4.51. The number of alkyl halides is 3. The van der Waals surface area contributed by atoms with Gasteiger partial charge in [-0.15, -0.1) is 0 Å². The molecule has 2 rings (SSSR count). The first-order chi connectivity index (χ1) is 11.2. The Hall–Kier alpha value is -1.54. The maximum Gasteiger partial charge on any atom is 0.417 e. The van der Waals surface area contributed by atoms with Crippen molar-refractivity contribution >= 4 is 40.7 Å². The van der Waals surface area contributed by atoms with E-state index < -0.39 is 17.6 Å². The monoisotopic (exact) mass is 398 g/mol. The molecular weight excluding hydrogens is 392 g/mol. The molecule has 4 nitrogen and oxygen atoms in total. The predicted molar refractivity (Wildman–Crippen MR) is 83.0 cm³/mol. The summed E-state index contributed by atoms with van der Waals surface area (Å²) >= 11 is 17.5. The summed E-state index contributed by atoms with van der Waals surface area (Å²) in [6.07, 6.45) is -3.93. The van der Waals surface area contributed by atoms with Gasteiger partial charge >= 0.3 is 6.18 Å². The lowest BCUT2D eigenvalue weighted by molar-refractivity contribution is -0.137. The van der Waals surface area contributed by atoms with Crippen LogP contribution in [0.15, 0.2) is 30.5 Å². The Labute approximate surface area is 149 Å². The lowest BCUT2D eigenvalue weighted by atomic mass is 10.2. The zero-order valence-electron chi connectivity index (χ0n) is 11.6. The molecule has 0 unspecified atom stereocenters. The summed E-state index contributed by atoms with van der Waals surface area (Å²) in [7, 11) is 0. The molecule has 1 heterocycles. The molecule has 0 spiro atoms. The van der Waals surface area contributed by atoms with Crippen molar-refractivity contribution in [2.24, 2.45) is 0 Å². The van der Waals surface area contributed by atoms with Crippen molar-refractivity contribution < 1.29 is 22.8 Å². The van der Waals surface area contributed by atoms with Crippen LogP contribution in [-0.2, 0) is 17.6 Å². The molecule has 1 aromatic heterocycles. The number of hydrogen-bond acceptors (Lipinski definition) is 3. The van der Waals surface area contributed by atoms with E-state index in [2.05, 4.69) is 10.5 Å². The molecule has 2 aromatic rings. The minimum Gasteiger partial charge on any atom is -0.267 e. The van der Waals surface area contributed by atoms with Gasteiger partial charge in [-0.1, -0.05) is 40.9 Å². The molecule has 0 fully saturated rings. The van der Waals surface area contributed by atoms with Crippen LogP contribution >= 0.6 is 34.8 Å². The number of benzene rings is 1. The number of carbonyl (C=O) groups excluding carboxylic acids is 1. The first-order valence-corrected chi connectivity index (χ1v) is 7.41. The van der Waals surface area contributed by atoms with Crippen LogP contribution < -0.4 is 5.48 Å². The van der Waals surface area contributed by atoms with Crippen molar-refractivity contribution in [1.82, 2.24) is 10.5 Å². The second kappa shape index (κ2) is 7.57. The maximum atomic E-state index is 12.5. The van der Waals surface area contributed by atoms with E-state index in [1.54, 1.807) is 6.07 Å². The predicted octanol–water partition coefficient (Wildman–Crippen LogP) is 4.92. The van der Waals surface area contributed by atoms with E-state index in [0.29, 0.717) is 6.20 Å². The van der Waals surface area contributed by atoms with Gasteiger partial charge in [0.1, 0.15) is 6.61 Å². The van der Waals surface area contributed by atoms with E-state index in [9.17, 15) is 18.0 Å². The second-order valence-electron chi connectivity index (χ2n) is 4.47. The summed E-state index contributed by atoms with van der Waals surface area (Å²) in [4.78, 5) is 20.4. The molecule has 24 heavy (non-hydrogen) atoms. The van der Waals surface area contributed by atoms with Crippen LogP contribution in [0.3, 0.4) is 0 Å². The molecular formula is C14H8Cl3F3N2O2. The van der Waals surface area contributed by atoms with Gasteiger partial charge in [0.2, 0.25) is 0 Å². The third-order valence-corrected chi connectivity index (χ3v) is 3.77. The van der Waals surface area contributed by atoms with E-state index in [-0.39, 0.29) is 32.9 Å². The normalized spacial score (nSPS) is 11.4. The van der Waals surface area contributed by atoms with Crippen LogP contribution in [0.1, 0.15) is 21.6 Å². The van der Waals surface area contributed by atoms with Gasteiger partial charge in [0.15, 0.2) is 0 Å². The van der Waals surface area contributed by atoms with Crippen LogP contribution in [-0.4, -0.2) is 10.9 Å². The zero-order chi connectivity index (χ0) is 17.9. The van der Waals surface area contributed by atoms with E-state index in [1.807, 2.05) is 0 Å². The molecule has 128 valence electrons. The van der Waals surface area contributed by atoms with Crippen molar-refractivity contribution in [3.05, 3.63) is 62.4 Å². The number of hydrogen-bond donors (Lipinski definition) is 1. The van der Waals surface area contributed by atoms with Gasteiger partial charge in [0, 0.05) is 6.20 Å². The number of pyridine rings is 1. The Morgan fingerprint density at radius 3 is 2.33 bits per heavy atom. The fraction of sp³-hybridized carbons (Fsp3) is 0.143. The van der Waals surface area contributed by atoms with Crippen LogP contribution in [0.2, 0.25) is 15.1 Å². The Bertz CT molecular complexity index is 749. The first kappa shape index (κ1) is 18.8. The van der Waals surface area contributed by atoms with Crippen LogP contribution in [0, 0.1) is 0 Å². The minimum absolute atomic E-state index is 0.00677. The standard InChI is InChI=1S/C14H8Cl3F3N2O2/c15-8-2-1-3-9(16)12(8)13(23)22-24-6-11-10(17)4-7(5-21-11)14(18,19)20/h1-5H,6H2,(H,22,23). The molecule has 0 aliphatic rings. The van der Waals surface area contributed by atoms with E-state index in [0.717, 1.165) is 6.07 Å². The van der Waals surface area contributed by atoms with Gasteiger partial charge in [-0.3, -0.25) is 14.6 Å². The number of nitrogens with zero attached hydrogens (tertiary/aromatic N) is 1. The summed E-state index contributed by atoms with van der Waals surface area (Å²) < 4.78 is 37.5. The van der Waals surface area contributed by atoms with Crippen LogP contribution in [0.4, 0.5) is 13.2 Å². The molecule has 0 aliphatic heterocycles. The maximum absolute atomic E-state index is 12.5. The van der Waals surface area contributed by atoms with Crippen molar-refractivity contribution in [2.75, 3.05) is 0 Å². The largest absolute Gasteiger partial charge is 0.417 e. The Balaban J connectivity index is 2.01. The van der Waals surface area contributed by atoms with Gasteiger partial charge in [0.25, 0.3) is 5.91 Å². The van der Waals surface area contributed by atoms with E-state index in [1.165, 1.54) is 12.1 Å². The van der Waals surface area contributed by atoms with Crippen molar-refractivity contribution in [3.63, 3.8) is 0 Å². The quantitative estimate of drug-likeness (QED) is 0.742. The average molecular weight is 400 g/mol. The van der Waals surface area contributed by atoms with Gasteiger partial charge in [0.05, 0.1) is 31.9 Å². The van der Waals surface area contributed by atoms with Crippen LogP contribution in [0.5, 0.6) is 0 Å². The van der Waals surface area contributed by atoms with Gasteiger partial charge < -0.3 is 0 Å². The molecule has 0 radical (unpaired) electrons. The number of amides is 1. The van der Waals surface area contributed by atoms with Crippen molar-refractivity contribution in [1.29, 1.82) is 0 Å². The van der Waals surface area contributed by atoms with E-state index in [4.69, 9.17) is 39.6 Å². The molecule has 1 aromatic carbocycles. The number of carbonyl (C=O) groups is 1. The van der Waals surface area contributed by atoms with Gasteiger partial charge in [-0.25, -0.2) is 5.48 Å². The van der Waals surface area contributed by atoms with Gasteiger partial charge in [-0.05, 0) is 18.2 Å². The zero-order valence-corrected chi connectivity index (χ0v) is 13.9. The highest BCUT2D eigenvalue weighted by Gasteiger charge is 2.31. The number of rotatable bonds is 4. The molecule has 1 N–H and O–H groups in total. The highest BCUT2D eigenvalue weighted by Crippen LogP contribution is 2.31. The molecule has 0 aliphatic carbocycles. The summed E-state index contributed by atoms with van der Waals surface area (Å²) in [6.45, 7) is -0.342. The number of aromatic nitrogens is 1.